The first-order chi connectivity index (χ1) is 20.8. The molecule has 0 aliphatic rings. The lowest BCUT2D eigenvalue weighted by molar-refractivity contribution is -0.141. The second-order valence-corrected chi connectivity index (χ2v) is 11.0. The fourth-order valence-corrected chi connectivity index (χ4v) is 5.59. The van der Waals surface area contributed by atoms with Crippen LogP contribution in [0.1, 0.15) is 87.6 Å². The summed E-state index contributed by atoms with van der Waals surface area (Å²) in [4.78, 5) is 53.4. The van der Waals surface area contributed by atoms with E-state index in [2.05, 4.69) is 12.2 Å². The summed E-state index contributed by atoms with van der Waals surface area (Å²) in [5, 5.41) is 3.77. The highest BCUT2D eigenvalue weighted by atomic mass is 16.5. The van der Waals surface area contributed by atoms with Crippen LogP contribution in [0.3, 0.4) is 0 Å². The zero-order chi connectivity index (χ0) is 31.2. The van der Waals surface area contributed by atoms with Crippen molar-refractivity contribution >= 4 is 34.6 Å². The minimum atomic E-state index is -0.889. The van der Waals surface area contributed by atoms with Gasteiger partial charge < -0.3 is 25.3 Å². The average Bonchev–Trinajstić information content (AvgIpc) is 3.37. The Morgan fingerprint density at radius 1 is 0.930 bits per heavy atom. The quantitative estimate of drug-likeness (QED) is 0.156. The number of hydrogen-bond acceptors (Lipinski definition) is 5. The van der Waals surface area contributed by atoms with Gasteiger partial charge in [0.25, 0.3) is 5.91 Å². The number of fused-ring (bicyclic) bond motifs is 1. The van der Waals surface area contributed by atoms with Crippen LogP contribution in [0.25, 0.3) is 10.9 Å². The van der Waals surface area contributed by atoms with Gasteiger partial charge in [0.1, 0.15) is 6.04 Å². The van der Waals surface area contributed by atoms with Gasteiger partial charge >= 0.3 is 5.97 Å². The van der Waals surface area contributed by atoms with Crippen molar-refractivity contribution in [3.63, 3.8) is 0 Å². The highest BCUT2D eigenvalue weighted by Crippen LogP contribution is 2.24. The van der Waals surface area contributed by atoms with Crippen molar-refractivity contribution < 1.29 is 23.9 Å². The molecule has 0 saturated heterocycles. The van der Waals surface area contributed by atoms with Gasteiger partial charge in [-0.1, -0.05) is 81.1 Å². The van der Waals surface area contributed by atoms with Gasteiger partial charge in [-0.3, -0.25) is 19.2 Å². The molecule has 0 spiro atoms. The summed E-state index contributed by atoms with van der Waals surface area (Å²) >= 11 is 0. The number of nitrogens with zero attached hydrogens (tertiary/aromatic N) is 2. The molecule has 3 aromatic rings. The van der Waals surface area contributed by atoms with Gasteiger partial charge in [0.15, 0.2) is 0 Å². The lowest BCUT2D eigenvalue weighted by atomic mass is 10.00. The number of rotatable bonds is 18. The van der Waals surface area contributed by atoms with Crippen molar-refractivity contribution in [2.45, 2.75) is 90.3 Å². The number of aromatic nitrogens is 1. The summed E-state index contributed by atoms with van der Waals surface area (Å²) in [6.45, 7) is 4.95. The first-order valence-electron chi connectivity index (χ1n) is 15.4. The smallest absolute Gasteiger partial charge is 0.305 e. The van der Waals surface area contributed by atoms with E-state index in [1.54, 1.807) is 4.90 Å². The van der Waals surface area contributed by atoms with E-state index >= 15 is 0 Å². The second kappa shape index (κ2) is 17.1. The van der Waals surface area contributed by atoms with Crippen molar-refractivity contribution in [3.8, 4) is 0 Å². The number of unbranched alkanes of at least 4 members (excludes halogenated alkanes) is 3. The van der Waals surface area contributed by atoms with Crippen LogP contribution in [0.2, 0.25) is 0 Å². The second-order valence-electron chi connectivity index (χ2n) is 11.0. The van der Waals surface area contributed by atoms with Crippen LogP contribution in [0.4, 0.5) is 0 Å². The van der Waals surface area contributed by atoms with Gasteiger partial charge in [0.2, 0.25) is 11.8 Å². The maximum absolute atomic E-state index is 14.0. The molecule has 0 fully saturated rings. The van der Waals surface area contributed by atoms with Gasteiger partial charge in [-0.2, -0.15) is 0 Å². The summed E-state index contributed by atoms with van der Waals surface area (Å²) in [7, 11) is 1.32. The maximum atomic E-state index is 14.0. The Labute approximate surface area is 254 Å². The summed E-state index contributed by atoms with van der Waals surface area (Å²) < 4.78 is 6.81. The van der Waals surface area contributed by atoms with E-state index in [1.807, 2.05) is 72.3 Å². The monoisotopic (exact) mass is 590 g/mol. The van der Waals surface area contributed by atoms with Gasteiger partial charge in [-0.05, 0) is 37.8 Å². The molecule has 3 amide bonds. The SMILES string of the molecule is CCCCCC[C@@H](CC(N)=O)N(CC)C(=O)[C@H](CCCC(=O)OC)NC(=O)c1cn(Cc2ccccc2)c2ccccc12. The zero-order valence-electron chi connectivity index (χ0n) is 25.7. The number of primary amides is 1. The van der Waals surface area contributed by atoms with Crippen LogP contribution >= 0.6 is 0 Å². The molecule has 0 radical (unpaired) electrons. The molecular formula is C34H46N4O5. The fourth-order valence-electron chi connectivity index (χ4n) is 5.59. The summed E-state index contributed by atoms with van der Waals surface area (Å²) in [5.41, 5.74) is 8.07. The Morgan fingerprint density at radius 3 is 2.33 bits per heavy atom. The zero-order valence-corrected chi connectivity index (χ0v) is 25.7. The third-order valence-electron chi connectivity index (χ3n) is 7.83. The first kappa shape index (κ1) is 33.4. The van der Waals surface area contributed by atoms with E-state index in [0.717, 1.165) is 42.1 Å². The molecular weight excluding hydrogens is 544 g/mol. The number of nitrogens with one attached hydrogen (secondary N) is 1. The van der Waals surface area contributed by atoms with Gasteiger partial charge in [-0.15, -0.1) is 0 Å². The molecule has 0 saturated carbocycles. The van der Waals surface area contributed by atoms with Crippen molar-refractivity contribution in [3.05, 3.63) is 71.9 Å². The number of amides is 3. The Kier molecular flexibility index (Phi) is 13.3. The Bertz CT molecular complexity index is 1350. The summed E-state index contributed by atoms with van der Waals surface area (Å²) in [6.07, 6.45) is 7.29. The van der Waals surface area contributed by atoms with Crippen LogP contribution in [-0.2, 0) is 25.7 Å². The molecule has 9 nitrogen and oxygen atoms in total. The number of ether oxygens (including phenoxy) is 1. The molecule has 0 bridgehead atoms. The first-order valence-corrected chi connectivity index (χ1v) is 15.4. The molecule has 2 aromatic carbocycles. The standard InChI is InChI=1S/C34H46N4O5/c1-4-6-7-11-17-26(22-31(35)39)38(5-2)34(42)29(19-14-21-32(40)43-3)36-33(41)28-24-37(23-25-15-9-8-10-16-25)30-20-13-12-18-27(28)30/h8-10,12-13,15-16,18,20,24,26,29H,4-7,11,14,17,19,21-23H2,1-3H3,(H2,35,39)(H,36,41)/t26-,29-/m0/s1. The van der Waals surface area contributed by atoms with Crippen LogP contribution in [0.5, 0.6) is 0 Å². The molecule has 0 aliphatic heterocycles. The molecule has 3 N–H and O–H groups in total. The molecule has 43 heavy (non-hydrogen) atoms. The molecule has 2 atom stereocenters. The number of likely N-dealkylation sites (N-methyl/N-ethyl adjacent to an activating group) is 1. The van der Waals surface area contributed by atoms with E-state index in [9.17, 15) is 19.2 Å². The van der Waals surface area contributed by atoms with E-state index in [-0.39, 0.29) is 43.1 Å². The van der Waals surface area contributed by atoms with E-state index in [1.165, 1.54) is 7.11 Å². The average molecular weight is 591 g/mol. The van der Waals surface area contributed by atoms with Crippen LogP contribution < -0.4 is 11.1 Å². The van der Waals surface area contributed by atoms with E-state index in [0.29, 0.717) is 31.5 Å². The molecule has 1 heterocycles. The largest absolute Gasteiger partial charge is 0.469 e. The highest BCUT2D eigenvalue weighted by Gasteiger charge is 2.31. The summed E-state index contributed by atoms with van der Waals surface area (Å²) in [5.74, 6) is -1.50. The van der Waals surface area contributed by atoms with E-state index in [4.69, 9.17) is 10.5 Å². The van der Waals surface area contributed by atoms with Crippen molar-refractivity contribution in [1.29, 1.82) is 0 Å². The lowest BCUT2D eigenvalue weighted by Crippen LogP contribution is -2.52. The Balaban J connectivity index is 1.88. The number of benzene rings is 2. The number of carbonyl (C=O) groups is 4. The van der Waals surface area contributed by atoms with E-state index < -0.39 is 11.9 Å². The predicted molar refractivity (Wildman–Crippen MR) is 168 cm³/mol. The van der Waals surface area contributed by atoms with Crippen LogP contribution in [-0.4, -0.2) is 58.9 Å². The molecule has 232 valence electrons. The third-order valence-corrected chi connectivity index (χ3v) is 7.83. The number of nitrogens with two attached hydrogens (primary N) is 1. The topological polar surface area (TPSA) is 124 Å². The van der Waals surface area contributed by atoms with Gasteiger partial charge in [-0.25, -0.2) is 0 Å². The van der Waals surface area contributed by atoms with Gasteiger partial charge in [0.05, 0.1) is 12.7 Å². The van der Waals surface area contributed by atoms with Crippen LogP contribution in [0.15, 0.2) is 60.8 Å². The lowest BCUT2D eigenvalue weighted by Gasteiger charge is -2.33. The number of methoxy groups -OCH3 is 1. The minimum absolute atomic E-state index is 0.0570. The fraction of sp³-hybridized carbons (Fsp3) is 0.471. The van der Waals surface area contributed by atoms with Crippen molar-refractivity contribution in [2.24, 2.45) is 5.73 Å². The molecule has 1 aromatic heterocycles. The maximum Gasteiger partial charge on any atom is 0.305 e. The molecule has 0 unspecified atom stereocenters. The number of hydrogen-bond donors (Lipinski definition) is 2. The third kappa shape index (κ3) is 9.70. The van der Waals surface area contributed by atoms with Gasteiger partial charge in [0, 0.05) is 49.1 Å². The minimum Gasteiger partial charge on any atom is -0.469 e. The number of carbonyl (C=O) groups excluding carboxylic acids is 4. The molecule has 0 aliphatic carbocycles. The number of esters is 1. The van der Waals surface area contributed by atoms with Crippen molar-refractivity contribution in [2.75, 3.05) is 13.7 Å². The summed E-state index contributed by atoms with van der Waals surface area (Å²) in [6, 6.07) is 16.4. The highest BCUT2D eigenvalue weighted by molar-refractivity contribution is 6.08. The number of para-hydroxylation sites is 1. The Hall–Kier alpha value is -4.14. The molecule has 9 heteroatoms. The predicted octanol–water partition coefficient (Wildman–Crippen LogP) is 5.19. The van der Waals surface area contributed by atoms with Crippen LogP contribution in [0, 0.1) is 0 Å². The normalized spacial score (nSPS) is 12.4. The Morgan fingerprint density at radius 2 is 1.65 bits per heavy atom. The van der Waals surface area contributed by atoms with Crippen molar-refractivity contribution in [1.82, 2.24) is 14.8 Å². The molecule has 3 rings (SSSR count).